The topological polar surface area (TPSA) is 95.3 Å². The lowest BCUT2D eigenvalue weighted by Gasteiger charge is -2.33. The quantitative estimate of drug-likeness (QED) is 0.434. The van der Waals surface area contributed by atoms with Crippen molar-refractivity contribution < 1.29 is 9.50 Å². The van der Waals surface area contributed by atoms with Gasteiger partial charge in [-0.05, 0) is 44.9 Å². The van der Waals surface area contributed by atoms with Crippen molar-refractivity contribution in [1.29, 1.82) is 5.26 Å². The van der Waals surface area contributed by atoms with Gasteiger partial charge in [0, 0.05) is 53.7 Å². The van der Waals surface area contributed by atoms with Gasteiger partial charge >= 0.3 is 0 Å². The zero-order valence-corrected chi connectivity index (χ0v) is 20.4. The van der Waals surface area contributed by atoms with Gasteiger partial charge in [-0.1, -0.05) is 11.8 Å². The first-order chi connectivity index (χ1) is 16.9. The molecule has 1 N–H and O–H groups in total. The molecule has 0 bridgehead atoms. The molecule has 0 spiro atoms. The van der Waals surface area contributed by atoms with Gasteiger partial charge in [0.25, 0.3) is 0 Å². The third-order valence-corrected chi connectivity index (χ3v) is 7.43. The minimum absolute atomic E-state index is 0.244. The van der Waals surface area contributed by atoms with Crippen molar-refractivity contribution in [2.75, 3.05) is 19.6 Å². The molecule has 0 radical (unpaired) electrons. The fourth-order valence-electron chi connectivity index (χ4n) is 4.74. The van der Waals surface area contributed by atoms with Gasteiger partial charge in [0.05, 0.1) is 35.6 Å². The van der Waals surface area contributed by atoms with Crippen LogP contribution in [0.4, 0.5) is 4.39 Å². The Labute approximate surface area is 207 Å². The van der Waals surface area contributed by atoms with Crippen molar-refractivity contribution in [3.05, 3.63) is 60.1 Å². The summed E-state index contributed by atoms with van der Waals surface area (Å²) >= 11 is 1.18. The molecule has 180 valence electrons. The number of likely N-dealkylation sites (tertiary alicyclic amines) is 1. The van der Waals surface area contributed by atoms with E-state index in [0.29, 0.717) is 28.6 Å². The highest BCUT2D eigenvalue weighted by molar-refractivity contribution is 7.99. The number of pyridine rings is 2. The summed E-state index contributed by atoms with van der Waals surface area (Å²) in [6.07, 6.45) is 8.44. The highest BCUT2D eigenvalue weighted by Gasteiger charge is 2.24. The fourth-order valence-corrected chi connectivity index (χ4v) is 5.71. The lowest BCUT2D eigenvalue weighted by Crippen LogP contribution is -2.39. The standard InChI is InChI=1S/C25H26FN7OS/c1-16(34)14-31-8-5-20(6-9-31)33-17(2)21(13-30-33)18-10-23(35-25-22(26)4-3-7-28-25)24-19(11-27)12-29-32(24)15-18/h3-4,7,10,12-13,15-16,20,34H,5-6,8-9,14H2,1-2H3/t16-/m1/s1. The number of aliphatic hydroxyl groups excluding tert-OH is 1. The van der Waals surface area contributed by atoms with Gasteiger partial charge in [0.15, 0.2) is 5.82 Å². The number of hydrogen-bond donors (Lipinski definition) is 1. The molecule has 4 aromatic heterocycles. The maximum Gasteiger partial charge on any atom is 0.155 e. The molecule has 0 amide bonds. The van der Waals surface area contributed by atoms with Crippen LogP contribution >= 0.6 is 11.8 Å². The SMILES string of the molecule is Cc1c(-c2cc(Sc3ncccc3F)c3c(C#N)cnn3c2)cnn1C1CCN(C[C@@H](C)O)CC1. The molecule has 8 nitrogen and oxygen atoms in total. The predicted molar refractivity (Wildman–Crippen MR) is 131 cm³/mol. The number of piperidine rings is 1. The average Bonchev–Trinajstić information content (AvgIpc) is 3.44. The first kappa shape index (κ1) is 23.5. The van der Waals surface area contributed by atoms with Gasteiger partial charge in [-0.3, -0.25) is 4.68 Å². The molecule has 1 aliphatic heterocycles. The average molecular weight is 492 g/mol. The molecule has 0 aromatic carbocycles. The van der Waals surface area contributed by atoms with Gasteiger partial charge in [-0.25, -0.2) is 13.9 Å². The third-order valence-electron chi connectivity index (χ3n) is 6.41. The van der Waals surface area contributed by atoms with Crippen molar-refractivity contribution in [3.8, 4) is 17.2 Å². The second kappa shape index (κ2) is 9.77. The zero-order valence-electron chi connectivity index (χ0n) is 19.6. The predicted octanol–water partition coefficient (Wildman–Crippen LogP) is 4.08. The molecule has 5 heterocycles. The molecule has 1 saturated heterocycles. The van der Waals surface area contributed by atoms with Crippen LogP contribution in [0, 0.1) is 24.1 Å². The Morgan fingerprint density at radius 3 is 2.80 bits per heavy atom. The number of β-amino-alcohol motifs (C(OH)–C–C–N with tert-alkyl or cyclic N) is 1. The molecule has 4 aromatic rings. The van der Waals surface area contributed by atoms with E-state index in [-0.39, 0.29) is 11.1 Å². The third kappa shape index (κ3) is 4.67. The van der Waals surface area contributed by atoms with Gasteiger partial charge in [0.2, 0.25) is 0 Å². The Morgan fingerprint density at radius 2 is 2.09 bits per heavy atom. The number of halogens is 1. The van der Waals surface area contributed by atoms with Gasteiger partial charge in [0.1, 0.15) is 11.1 Å². The molecule has 0 unspecified atom stereocenters. The maximum absolute atomic E-state index is 14.4. The lowest BCUT2D eigenvalue weighted by atomic mass is 10.0. The summed E-state index contributed by atoms with van der Waals surface area (Å²) in [4.78, 5) is 7.16. The van der Waals surface area contributed by atoms with Crippen molar-refractivity contribution in [2.45, 2.75) is 48.8 Å². The number of fused-ring (bicyclic) bond motifs is 1. The van der Waals surface area contributed by atoms with Crippen LogP contribution < -0.4 is 0 Å². The summed E-state index contributed by atoms with van der Waals surface area (Å²) in [6, 6.07) is 7.35. The number of nitrogens with zero attached hydrogens (tertiary/aromatic N) is 7. The Kier molecular flexibility index (Phi) is 6.56. The van der Waals surface area contributed by atoms with Crippen molar-refractivity contribution in [1.82, 2.24) is 29.3 Å². The number of rotatable bonds is 6. The summed E-state index contributed by atoms with van der Waals surface area (Å²) in [5, 5.41) is 28.6. The normalized spacial score (nSPS) is 16.0. The number of aliphatic hydroxyl groups is 1. The van der Waals surface area contributed by atoms with Crippen molar-refractivity contribution in [2.24, 2.45) is 0 Å². The first-order valence-corrected chi connectivity index (χ1v) is 12.4. The largest absolute Gasteiger partial charge is 0.392 e. The van der Waals surface area contributed by atoms with Crippen molar-refractivity contribution >= 4 is 17.3 Å². The van der Waals surface area contributed by atoms with E-state index in [4.69, 9.17) is 5.10 Å². The Hall–Kier alpha value is -3.26. The molecule has 1 fully saturated rings. The molecule has 0 aliphatic carbocycles. The van der Waals surface area contributed by atoms with E-state index in [1.807, 2.05) is 25.4 Å². The molecule has 5 rings (SSSR count). The first-order valence-electron chi connectivity index (χ1n) is 11.6. The Balaban J connectivity index is 1.49. The Morgan fingerprint density at radius 1 is 1.29 bits per heavy atom. The van der Waals surface area contributed by atoms with Crippen LogP contribution in [-0.4, -0.2) is 60.1 Å². The summed E-state index contributed by atoms with van der Waals surface area (Å²) in [6.45, 7) is 6.43. The molecule has 1 atom stereocenters. The van der Waals surface area contributed by atoms with E-state index in [1.54, 1.807) is 16.8 Å². The van der Waals surface area contributed by atoms with Crippen LogP contribution in [0.5, 0.6) is 0 Å². The maximum atomic E-state index is 14.4. The molecule has 1 aliphatic rings. The fraction of sp³-hybridized carbons (Fsp3) is 0.360. The van der Waals surface area contributed by atoms with Crippen LogP contribution in [0.2, 0.25) is 0 Å². The van der Waals surface area contributed by atoms with Crippen LogP contribution in [0.1, 0.15) is 37.1 Å². The number of hydrogen-bond acceptors (Lipinski definition) is 7. The molecule has 35 heavy (non-hydrogen) atoms. The van der Waals surface area contributed by atoms with Crippen LogP contribution in [-0.2, 0) is 0 Å². The Bertz CT molecular complexity index is 1400. The molecule has 0 saturated carbocycles. The molecule has 10 heteroatoms. The van der Waals surface area contributed by atoms with Crippen molar-refractivity contribution in [3.63, 3.8) is 0 Å². The monoisotopic (exact) mass is 491 g/mol. The lowest BCUT2D eigenvalue weighted by molar-refractivity contribution is 0.0992. The van der Waals surface area contributed by atoms with E-state index in [2.05, 4.69) is 32.7 Å². The molecular weight excluding hydrogens is 465 g/mol. The smallest absolute Gasteiger partial charge is 0.155 e. The molecular formula is C25H26FN7OS. The summed E-state index contributed by atoms with van der Waals surface area (Å²) in [5.41, 5.74) is 3.95. The minimum Gasteiger partial charge on any atom is -0.392 e. The number of nitriles is 1. The summed E-state index contributed by atoms with van der Waals surface area (Å²) in [7, 11) is 0. The second-order valence-electron chi connectivity index (χ2n) is 8.92. The van der Waals surface area contributed by atoms with Gasteiger partial charge in [-0.15, -0.1) is 0 Å². The summed E-state index contributed by atoms with van der Waals surface area (Å²) < 4.78 is 18.1. The number of aromatic nitrogens is 5. The second-order valence-corrected chi connectivity index (χ2v) is 9.95. The van der Waals surface area contributed by atoms with Gasteiger partial charge < -0.3 is 10.0 Å². The van der Waals surface area contributed by atoms with Crippen LogP contribution in [0.15, 0.2) is 52.9 Å². The minimum atomic E-state index is -0.412. The van der Waals surface area contributed by atoms with Crippen LogP contribution in [0.25, 0.3) is 16.6 Å². The zero-order chi connectivity index (χ0) is 24.5. The summed E-state index contributed by atoms with van der Waals surface area (Å²) in [5.74, 6) is -0.412. The van der Waals surface area contributed by atoms with E-state index in [0.717, 1.165) is 42.8 Å². The highest BCUT2D eigenvalue weighted by Crippen LogP contribution is 2.37. The van der Waals surface area contributed by atoms with E-state index in [9.17, 15) is 14.8 Å². The van der Waals surface area contributed by atoms with E-state index >= 15 is 0 Å². The van der Waals surface area contributed by atoms with Gasteiger partial charge in [-0.2, -0.15) is 15.5 Å². The van der Waals surface area contributed by atoms with E-state index < -0.39 is 5.82 Å². The van der Waals surface area contributed by atoms with E-state index in [1.165, 1.54) is 24.0 Å². The highest BCUT2D eigenvalue weighted by atomic mass is 32.2. The van der Waals surface area contributed by atoms with Crippen LogP contribution in [0.3, 0.4) is 0 Å².